The highest BCUT2D eigenvalue weighted by molar-refractivity contribution is 5.79. The first-order chi connectivity index (χ1) is 8.75. The van der Waals surface area contributed by atoms with Crippen LogP contribution in [0.2, 0.25) is 0 Å². The quantitative estimate of drug-likeness (QED) is 0.784. The Hall–Kier alpha value is -0.570. The molecule has 0 aromatic heterocycles. The summed E-state index contributed by atoms with van der Waals surface area (Å²) in [5.74, 6) is 1.83. The maximum Gasteiger partial charge on any atom is 0.223 e. The molecule has 0 aromatic carbocycles. The average Bonchev–Trinajstić information content (AvgIpc) is 3.28. The number of hydrogen-bond donors (Lipinski definition) is 2. The van der Waals surface area contributed by atoms with Crippen LogP contribution in [-0.2, 0) is 4.79 Å². The highest BCUT2D eigenvalue weighted by Gasteiger charge is 2.53. The van der Waals surface area contributed by atoms with Crippen molar-refractivity contribution in [3.63, 3.8) is 0 Å². The molecular formula is C15H26N2O. The lowest BCUT2D eigenvalue weighted by molar-refractivity contribution is -0.128. The summed E-state index contributed by atoms with van der Waals surface area (Å²) in [5.41, 5.74) is 6.32. The number of carbonyl (C=O) groups is 1. The molecule has 3 N–H and O–H groups in total. The van der Waals surface area contributed by atoms with E-state index in [9.17, 15) is 4.79 Å². The zero-order chi connectivity index (χ0) is 12.6. The number of rotatable bonds is 5. The molecule has 0 radical (unpaired) electrons. The molecule has 3 nitrogen and oxygen atoms in total. The first-order valence-electron chi connectivity index (χ1n) is 7.73. The van der Waals surface area contributed by atoms with Crippen LogP contribution >= 0.6 is 0 Å². The van der Waals surface area contributed by atoms with Crippen LogP contribution in [0.3, 0.4) is 0 Å². The Morgan fingerprint density at radius 1 is 1.17 bits per heavy atom. The molecule has 0 spiro atoms. The van der Waals surface area contributed by atoms with E-state index < -0.39 is 0 Å². The molecular weight excluding hydrogens is 224 g/mol. The summed E-state index contributed by atoms with van der Waals surface area (Å²) >= 11 is 0. The van der Waals surface area contributed by atoms with Gasteiger partial charge < -0.3 is 11.1 Å². The van der Waals surface area contributed by atoms with Gasteiger partial charge in [-0.05, 0) is 62.3 Å². The third kappa shape index (κ3) is 2.42. The van der Waals surface area contributed by atoms with Crippen LogP contribution in [-0.4, -0.2) is 19.0 Å². The number of hydrogen-bond acceptors (Lipinski definition) is 2. The van der Waals surface area contributed by atoms with Gasteiger partial charge in [0.25, 0.3) is 0 Å². The fourth-order valence-electron chi connectivity index (χ4n) is 3.81. The number of amides is 1. The molecule has 2 unspecified atom stereocenters. The molecule has 3 rings (SSSR count). The lowest BCUT2D eigenvalue weighted by Gasteiger charge is -2.30. The largest absolute Gasteiger partial charge is 0.355 e. The standard InChI is InChI=1S/C15H26N2O/c16-9-11-3-1-2-4-13(11)14(18)17-10-15(7-8-15)12-5-6-12/h11-13H,1-10,16H2,(H,17,18). The van der Waals surface area contributed by atoms with Gasteiger partial charge in [-0.1, -0.05) is 12.8 Å². The highest BCUT2D eigenvalue weighted by Crippen LogP contribution is 2.60. The minimum Gasteiger partial charge on any atom is -0.355 e. The second-order valence-corrected chi connectivity index (χ2v) is 6.74. The van der Waals surface area contributed by atoms with Crippen LogP contribution in [0.5, 0.6) is 0 Å². The van der Waals surface area contributed by atoms with Crippen molar-refractivity contribution in [1.29, 1.82) is 0 Å². The van der Waals surface area contributed by atoms with Crippen molar-refractivity contribution in [3.05, 3.63) is 0 Å². The average molecular weight is 250 g/mol. The van der Waals surface area contributed by atoms with Crippen molar-refractivity contribution in [2.45, 2.75) is 51.4 Å². The molecule has 1 amide bonds. The third-order valence-corrected chi connectivity index (χ3v) is 5.50. The minimum absolute atomic E-state index is 0.193. The lowest BCUT2D eigenvalue weighted by Crippen LogP contribution is -2.41. The number of nitrogens with one attached hydrogen (secondary N) is 1. The maximum absolute atomic E-state index is 12.3. The van der Waals surface area contributed by atoms with Gasteiger partial charge >= 0.3 is 0 Å². The van der Waals surface area contributed by atoms with Gasteiger partial charge in [-0.3, -0.25) is 4.79 Å². The fourth-order valence-corrected chi connectivity index (χ4v) is 3.81. The van der Waals surface area contributed by atoms with Crippen LogP contribution in [0, 0.1) is 23.2 Å². The lowest BCUT2D eigenvalue weighted by atomic mass is 9.78. The van der Waals surface area contributed by atoms with Gasteiger partial charge in [-0.25, -0.2) is 0 Å². The monoisotopic (exact) mass is 250 g/mol. The smallest absolute Gasteiger partial charge is 0.223 e. The molecule has 0 saturated heterocycles. The normalized spacial score (nSPS) is 34.1. The van der Waals surface area contributed by atoms with Gasteiger partial charge in [-0.2, -0.15) is 0 Å². The van der Waals surface area contributed by atoms with E-state index in [0.717, 1.165) is 25.3 Å². The van der Waals surface area contributed by atoms with Crippen molar-refractivity contribution in [3.8, 4) is 0 Å². The van der Waals surface area contributed by atoms with E-state index in [-0.39, 0.29) is 11.8 Å². The van der Waals surface area contributed by atoms with E-state index in [1.807, 2.05) is 0 Å². The molecule has 3 saturated carbocycles. The molecule has 0 aromatic rings. The van der Waals surface area contributed by atoms with Crippen molar-refractivity contribution >= 4 is 5.91 Å². The maximum atomic E-state index is 12.3. The summed E-state index contributed by atoms with van der Waals surface area (Å²) in [6.45, 7) is 1.61. The van der Waals surface area contributed by atoms with Gasteiger partial charge in [0, 0.05) is 12.5 Å². The molecule has 18 heavy (non-hydrogen) atoms. The summed E-state index contributed by atoms with van der Waals surface area (Å²) in [7, 11) is 0. The summed E-state index contributed by atoms with van der Waals surface area (Å²) in [6.07, 6.45) is 10.1. The van der Waals surface area contributed by atoms with Crippen molar-refractivity contribution in [2.75, 3.05) is 13.1 Å². The number of carbonyl (C=O) groups excluding carboxylic acids is 1. The molecule has 0 heterocycles. The summed E-state index contributed by atoms with van der Waals surface area (Å²) in [5, 5.41) is 3.25. The van der Waals surface area contributed by atoms with Crippen LogP contribution in [0.4, 0.5) is 0 Å². The number of nitrogens with two attached hydrogens (primary N) is 1. The Balaban J connectivity index is 1.50. The van der Waals surface area contributed by atoms with Crippen molar-refractivity contribution in [1.82, 2.24) is 5.32 Å². The van der Waals surface area contributed by atoms with Crippen molar-refractivity contribution < 1.29 is 4.79 Å². The third-order valence-electron chi connectivity index (χ3n) is 5.50. The molecule has 0 bridgehead atoms. The molecule has 3 fully saturated rings. The highest BCUT2D eigenvalue weighted by atomic mass is 16.1. The van der Waals surface area contributed by atoms with Crippen LogP contribution < -0.4 is 11.1 Å². The first-order valence-corrected chi connectivity index (χ1v) is 7.73. The van der Waals surface area contributed by atoms with Gasteiger partial charge in [0.15, 0.2) is 0 Å². The van der Waals surface area contributed by atoms with E-state index >= 15 is 0 Å². The van der Waals surface area contributed by atoms with E-state index in [2.05, 4.69) is 5.32 Å². The SMILES string of the molecule is NCC1CCCCC1C(=O)NCC1(C2CC2)CC1. The Kier molecular flexibility index (Phi) is 3.35. The van der Waals surface area contributed by atoms with E-state index in [1.165, 1.54) is 38.5 Å². The van der Waals surface area contributed by atoms with E-state index in [1.54, 1.807) is 0 Å². The molecule has 0 aliphatic heterocycles. The summed E-state index contributed by atoms with van der Waals surface area (Å²) in [6, 6.07) is 0. The van der Waals surface area contributed by atoms with Crippen molar-refractivity contribution in [2.24, 2.45) is 28.9 Å². The van der Waals surface area contributed by atoms with Gasteiger partial charge in [-0.15, -0.1) is 0 Å². The molecule has 3 aliphatic rings. The van der Waals surface area contributed by atoms with Crippen LogP contribution in [0.1, 0.15) is 51.4 Å². The van der Waals surface area contributed by atoms with Gasteiger partial charge in [0.05, 0.1) is 0 Å². The van der Waals surface area contributed by atoms with Crippen LogP contribution in [0.25, 0.3) is 0 Å². The molecule has 3 heteroatoms. The predicted molar refractivity (Wildman–Crippen MR) is 71.9 cm³/mol. The minimum atomic E-state index is 0.193. The Bertz CT molecular complexity index is 320. The summed E-state index contributed by atoms with van der Waals surface area (Å²) in [4.78, 5) is 12.3. The van der Waals surface area contributed by atoms with E-state index in [4.69, 9.17) is 5.73 Å². The fraction of sp³-hybridized carbons (Fsp3) is 0.933. The zero-order valence-electron chi connectivity index (χ0n) is 11.3. The second kappa shape index (κ2) is 4.84. The Morgan fingerprint density at radius 2 is 1.89 bits per heavy atom. The van der Waals surface area contributed by atoms with Crippen LogP contribution in [0.15, 0.2) is 0 Å². The summed E-state index contributed by atoms with van der Waals surface area (Å²) < 4.78 is 0. The predicted octanol–water partition coefficient (Wildman–Crippen LogP) is 2.06. The zero-order valence-corrected chi connectivity index (χ0v) is 11.3. The van der Waals surface area contributed by atoms with Gasteiger partial charge in [0.2, 0.25) is 5.91 Å². The topological polar surface area (TPSA) is 55.1 Å². The Labute approximate surface area is 110 Å². The van der Waals surface area contributed by atoms with Gasteiger partial charge in [0.1, 0.15) is 0 Å². The first kappa shape index (κ1) is 12.5. The Morgan fingerprint density at radius 3 is 2.50 bits per heavy atom. The second-order valence-electron chi connectivity index (χ2n) is 6.74. The molecule has 102 valence electrons. The molecule has 3 aliphatic carbocycles. The van der Waals surface area contributed by atoms with E-state index in [0.29, 0.717) is 17.9 Å². The molecule has 2 atom stereocenters.